The molecule has 2 N–H and O–H groups in total. The van der Waals surface area contributed by atoms with Crippen molar-refractivity contribution >= 4 is 23.0 Å². The Balaban J connectivity index is 2.14. The Morgan fingerprint density at radius 2 is 2.04 bits per heavy atom. The first kappa shape index (κ1) is 17.5. The topological polar surface area (TPSA) is 41.9 Å². The van der Waals surface area contributed by atoms with Crippen LogP contribution in [0, 0.1) is 20.8 Å². The van der Waals surface area contributed by atoms with E-state index in [0.717, 1.165) is 30.0 Å². The lowest BCUT2D eigenvalue weighted by atomic mass is 10.1. The Labute approximate surface area is 144 Å². The third kappa shape index (κ3) is 4.55. The maximum atomic E-state index is 5.39. The molecule has 0 fully saturated rings. The van der Waals surface area contributed by atoms with Crippen molar-refractivity contribution in [3.8, 4) is 0 Å². The fourth-order valence-electron chi connectivity index (χ4n) is 2.49. The van der Waals surface area contributed by atoms with Crippen LogP contribution in [0.15, 0.2) is 24.3 Å². The number of aromatic nitrogens is 2. The molecular weight excluding hydrogens is 304 g/mol. The molecule has 23 heavy (non-hydrogen) atoms. The van der Waals surface area contributed by atoms with Crippen molar-refractivity contribution in [2.75, 3.05) is 5.32 Å². The van der Waals surface area contributed by atoms with Gasteiger partial charge in [-0.3, -0.25) is 4.68 Å². The van der Waals surface area contributed by atoms with Crippen molar-refractivity contribution in [2.24, 2.45) is 0 Å². The van der Waals surface area contributed by atoms with Crippen LogP contribution in [0.3, 0.4) is 0 Å². The van der Waals surface area contributed by atoms with Gasteiger partial charge in [0, 0.05) is 6.04 Å². The Morgan fingerprint density at radius 3 is 2.70 bits per heavy atom. The fraction of sp³-hybridized carbons (Fsp3) is 0.444. The van der Waals surface area contributed by atoms with Gasteiger partial charge in [-0.15, -0.1) is 0 Å². The van der Waals surface area contributed by atoms with Gasteiger partial charge in [0.2, 0.25) is 0 Å². The highest BCUT2D eigenvalue weighted by molar-refractivity contribution is 7.80. The molecule has 0 aliphatic rings. The monoisotopic (exact) mass is 330 g/mol. The van der Waals surface area contributed by atoms with Gasteiger partial charge in [0.25, 0.3) is 0 Å². The predicted molar refractivity (Wildman–Crippen MR) is 101 cm³/mol. The van der Waals surface area contributed by atoms with Gasteiger partial charge >= 0.3 is 0 Å². The van der Waals surface area contributed by atoms with E-state index in [2.05, 4.69) is 67.7 Å². The minimum atomic E-state index is 0.359. The molecule has 4 nitrogen and oxygen atoms in total. The number of hydrogen-bond acceptors (Lipinski definition) is 2. The smallest absolute Gasteiger partial charge is 0.171 e. The molecule has 1 atom stereocenters. The molecule has 0 spiro atoms. The lowest BCUT2D eigenvalue weighted by Crippen LogP contribution is -2.35. The highest BCUT2D eigenvalue weighted by Crippen LogP contribution is 2.20. The average molecular weight is 331 g/mol. The van der Waals surface area contributed by atoms with E-state index in [9.17, 15) is 0 Å². The maximum Gasteiger partial charge on any atom is 0.171 e. The summed E-state index contributed by atoms with van der Waals surface area (Å²) in [7, 11) is 0. The van der Waals surface area contributed by atoms with Crippen molar-refractivity contribution in [1.82, 2.24) is 15.1 Å². The van der Waals surface area contributed by atoms with Crippen LogP contribution < -0.4 is 10.6 Å². The van der Waals surface area contributed by atoms with Crippen molar-refractivity contribution in [1.29, 1.82) is 0 Å². The lowest BCUT2D eigenvalue weighted by Gasteiger charge is -2.15. The third-order valence-electron chi connectivity index (χ3n) is 4.02. The van der Waals surface area contributed by atoms with Crippen LogP contribution in [0.5, 0.6) is 0 Å². The second kappa shape index (κ2) is 7.59. The first-order valence-electron chi connectivity index (χ1n) is 8.07. The Bertz CT molecular complexity index is 690. The molecule has 0 saturated heterocycles. The van der Waals surface area contributed by atoms with Gasteiger partial charge in [0.15, 0.2) is 5.11 Å². The normalized spacial score (nSPS) is 12.0. The second-order valence-electron chi connectivity index (χ2n) is 6.10. The highest BCUT2D eigenvalue weighted by Gasteiger charge is 2.13. The summed E-state index contributed by atoms with van der Waals surface area (Å²) in [5, 5.41) is 11.9. The number of rotatable bonds is 5. The van der Waals surface area contributed by atoms with Crippen LogP contribution in [0.1, 0.15) is 42.8 Å². The Kier molecular flexibility index (Phi) is 5.77. The van der Waals surface area contributed by atoms with E-state index < -0.39 is 0 Å². The minimum Gasteiger partial charge on any atom is -0.360 e. The first-order valence-corrected chi connectivity index (χ1v) is 8.48. The largest absolute Gasteiger partial charge is 0.360 e. The van der Waals surface area contributed by atoms with Gasteiger partial charge < -0.3 is 10.6 Å². The van der Waals surface area contributed by atoms with Crippen LogP contribution in [0.25, 0.3) is 0 Å². The zero-order valence-corrected chi connectivity index (χ0v) is 15.4. The zero-order valence-electron chi connectivity index (χ0n) is 14.6. The predicted octanol–water partition coefficient (Wildman–Crippen LogP) is 3.94. The number of benzene rings is 1. The van der Waals surface area contributed by atoms with Gasteiger partial charge in [-0.2, -0.15) is 5.10 Å². The lowest BCUT2D eigenvalue weighted by molar-refractivity contribution is 0.645. The van der Waals surface area contributed by atoms with Crippen LogP contribution >= 0.6 is 12.2 Å². The standard InChI is InChI=1S/C18H26N4S/c1-6-13(3)19-18(23)20-17-14(4)21-22(15(17)5)11-16-9-7-8-12(2)10-16/h7-10,13H,6,11H2,1-5H3,(H2,19,20,23). The SMILES string of the molecule is CCC(C)NC(=S)Nc1c(C)nn(Cc2cccc(C)c2)c1C. The summed E-state index contributed by atoms with van der Waals surface area (Å²) in [4.78, 5) is 0. The fourth-order valence-corrected chi connectivity index (χ4v) is 2.79. The van der Waals surface area contributed by atoms with E-state index in [-0.39, 0.29) is 0 Å². The molecule has 5 heteroatoms. The van der Waals surface area contributed by atoms with Gasteiger partial charge in [-0.05, 0) is 51.9 Å². The highest BCUT2D eigenvalue weighted by atomic mass is 32.1. The van der Waals surface area contributed by atoms with Crippen LogP contribution in [-0.4, -0.2) is 20.9 Å². The molecule has 1 heterocycles. The minimum absolute atomic E-state index is 0.359. The molecule has 0 radical (unpaired) electrons. The zero-order chi connectivity index (χ0) is 17.0. The molecule has 1 unspecified atom stereocenters. The molecule has 2 rings (SSSR count). The molecule has 0 aliphatic heterocycles. The van der Waals surface area contributed by atoms with E-state index in [0.29, 0.717) is 11.2 Å². The van der Waals surface area contributed by atoms with Crippen molar-refractivity contribution < 1.29 is 0 Å². The summed E-state index contributed by atoms with van der Waals surface area (Å²) >= 11 is 5.39. The average Bonchev–Trinajstić information content (AvgIpc) is 2.74. The molecule has 0 saturated carbocycles. The summed E-state index contributed by atoms with van der Waals surface area (Å²) in [6.07, 6.45) is 1.03. The van der Waals surface area contributed by atoms with Crippen molar-refractivity contribution in [3.63, 3.8) is 0 Å². The summed E-state index contributed by atoms with van der Waals surface area (Å²) in [5.41, 5.74) is 5.57. The summed E-state index contributed by atoms with van der Waals surface area (Å²) in [5.74, 6) is 0. The van der Waals surface area contributed by atoms with E-state index in [1.54, 1.807) is 0 Å². The molecular formula is C18H26N4S. The Morgan fingerprint density at radius 1 is 1.30 bits per heavy atom. The number of anilines is 1. The summed E-state index contributed by atoms with van der Waals surface area (Å²) in [6, 6.07) is 8.87. The van der Waals surface area contributed by atoms with E-state index >= 15 is 0 Å². The van der Waals surface area contributed by atoms with Crippen molar-refractivity contribution in [2.45, 2.75) is 53.6 Å². The molecule has 0 bridgehead atoms. The van der Waals surface area contributed by atoms with Crippen molar-refractivity contribution in [3.05, 3.63) is 46.8 Å². The molecule has 0 aliphatic carbocycles. The molecule has 0 amide bonds. The van der Waals surface area contributed by atoms with Gasteiger partial charge in [-0.25, -0.2) is 0 Å². The Hall–Kier alpha value is -1.88. The first-order chi connectivity index (χ1) is 10.9. The van der Waals surface area contributed by atoms with E-state index in [1.165, 1.54) is 11.1 Å². The molecule has 124 valence electrons. The van der Waals surface area contributed by atoms with Crippen LogP contribution in [-0.2, 0) is 6.54 Å². The number of nitrogens with zero attached hydrogens (tertiary/aromatic N) is 2. The quantitative estimate of drug-likeness (QED) is 0.815. The van der Waals surface area contributed by atoms with Gasteiger partial charge in [0.05, 0.1) is 23.6 Å². The second-order valence-corrected chi connectivity index (χ2v) is 6.51. The van der Waals surface area contributed by atoms with E-state index in [4.69, 9.17) is 12.2 Å². The van der Waals surface area contributed by atoms with Gasteiger partial charge in [-0.1, -0.05) is 36.8 Å². The number of nitrogens with one attached hydrogen (secondary N) is 2. The maximum absolute atomic E-state index is 5.39. The third-order valence-corrected chi connectivity index (χ3v) is 4.24. The van der Waals surface area contributed by atoms with E-state index in [1.807, 2.05) is 11.6 Å². The number of hydrogen-bond donors (Lipinski definition) is 2. The molecule has 1 aromatic carbocycles. The van der Waals surface area contributed by atoms with Crippen LogP contribution in [0.4, 0.5) is 5.69 Å². The molecule has 1 aromatic heterocycles. The van der Waals surface area contributed by atoms with Crippen LogP contribution in [0.2, 0.25) is 0 Å². The molecule has 2 aromatic rings. The number of aryl methyl sites for hydroxylation is 2. The number of thiocarbonyl (C=S) groups is 1. The summed E-state index contributed by atoms with van der Waals surface area (Å²) < 4.78 is 2.03. The summed E-state index contributed by atoms with van der Waals surface area (Å²) in [6.45, 7) is 11.2. The van der Waals surface area contributed by atoms with Gasteiger partial charge in [0.1, 0.15) is 0 Å².